The van der Waals surface area contributed by atoms with Gasteiger partial charge >= 0.3 is 0 Å². The standard InChI is InChI=1S/C15H24N2O/c1-18-15-6-4-12(5-7-15)13-10-14(11-13)17-9-3-2-8-16/h4-7,13-14,17H,2-3,8-11,16H2,1H3. The van der Waals surface area contributed by atoms with E-state index in [4.69, 9.17) is 10.5 Å². The molecule has 1 aromatic carbocycles. The molecule has 0 spiro atoms. The van der Waals surface area contributed by atoms with Gasteiger partial charge in [-0.05, 0) is 62.4 Å². The van der Waals surface area contributed by atoms with Crippen LogP contribution in [0.5, 0.6) is 5.75 Å². The molecular formula is C15H24N2O. The van der Waals surface area contributed by atoms with Gasteiger partial charge in [0.25, 0.3) is 0 Å². The lowest BCUT2D eigenvalue weighted by Crippen LogP contribution is -2.40. The summed E-state index contributed by atoms with van der Waals surface area (Å²) in [5.74, 6) is 1.66. The van der Waals surface area contributed by atoms with Crippen LogP contribution in [0.2, 0.25) is 0 Å². The number of benzene rings is 1. The zero-order valence-electron chi connectivity index (χ0n) is 11.2. The molecule has 18 heavy (non-hydrogen) atoms. The first-order valence-corrected chi connectivity index (χ1v) is 6.91. The predicted molar refractivity (Wildman–Crippen MR) is 75.0 cm³/mol. The Bertz CT molecular complexity index is 344. The summed E-state index contributed by atoms with van der Waals surface area (Å²) >= 11 is 0. The number of methoxy groups -OCH3 is 1. The van der Waals surface area contributed by atoms with Crippen molar-refractivity contribution in [3.05, 3.63) is 29.8 Å². The van der Waals surface area contributed by atoms with Crippen LogP contribution in [0.25, 0.3) is 0 Å². The van der Waals surface area contributed by atoms with Crippen molar-refractivity contribution in [2.24, 2.45) is 5.73 Å². The molecule has 1 aromatic rings. The molecule has 1 fully saturated rings. The maximum atomic E-state index is 5.48. The maximum absolute atomic E-state index is 5.48. The summed E-state index contributed by atoms with van der Waals surface area (Å²) in [6, 6.07) is 9.19. The second-order valence-corrected chi connectivity index (χ2v) is 5.09. The van der Waals surface area contributed by atoms with Crippen molar-refractivity contribution in [2.75, 3.05) is 20.2 Å². The minimum atomic E-state index is 0.704. The van der Waals surface area contributed by atoms with Crippen LogP contribution >= 0.6 is 0 Å². The monoisotopic (exact) mass is 248 g/mol. The van der Waals surface area contributed by atoms with Crippen molar-refractivity contribution in [2.45, 2.75) is 37.6 Å². The van der Waals surface area contributed by atoms with Gasteiger partial charge in [-0.25, -0.2) is 0 Å². The number of hydrogen-bond donors (Lipinski definition) is 2. The molecule has 100 valence electrons. The fourth-order valence-electron chi connectivity index (χ4n) is 2.51. The highest BCUT2D eigenvalue weighted by Gasteiger charge is 2.29. The van der Waals surface area contributed by atoms with Crippen LogP contribution in [0.15, 0.2) is 24.3 Å². The van der Waals surface area contributed by atoms with Gasteiger partial charge in [0.15, 0.2) is 0 Å². The second kappa shape index (κ2) is 6.76. The van der Waals surface area contributed by atoms with E-state index in [1.807, 2.05) is 0 Å². The lowest BCUT2D eigenvalue weighted by molar-refractivity contribution is 0.290. The summed E-state index contributed by atoms with van der Waals surface area (Å²) in [7, 11) is 1.71. The molecule has 3 nitrogen and oxygen atoms in total. The van der Waals surface area contributed by atoms with Crippen LogP contribution in [-0.2, 0) is 0 Å². The molecule has 0 atom stereocenters. The Balaban J connectivity index is 1.68. The summed E-state index contributed by atoms with van der Waals surface area (Å²) in [6.45, 7) is 1.91. The number of nitrogens with two attached hydrogens (primary N) is 1. The molecule has 0 aromatic heterocycles. The number of rotatable bonds is 7. The van der Waals surface area contributed by atoms with Crippen molar-refractivity contribution in [1.82, 2.24) is 5.32 Å². The first-order valence-electron chi connectivity index (χ1n) is 6.91. The molecule has 1 aliphatic rings. The number of ether oxygens (including phenoxy) is 1. The molecule has 3 N–H and O–H groups in total. The van der Waals surface area contributed by atoms with Crippen molar-refractivity contribution in [3.8, 4) is 5.75 Å². The van der Waals surface area contributed by atoms with Crippen molar-refractivity contribution in [3.63, 3.8) is 0 Å². The molecule has 0 radical (unpaired) electrons. The zero-order chi connectivity index (χ0) is 12.8. The van der Waals surface area contributed by atoms with E-state index in [1.54, 1.807) is 7.11 Å². The van der Waals surface area contributed by atoms with E-state index in [1.165, 1.54) is 24.8 Å². The molecule has 0 saturated heterocycles. The van der Waals surface area contributed by atoms with Crippen molar-refractivity contribution < 1.29 is 4.74 Å². The molecule has 1 aliphatic carbocycles. The van der Waals surface area contributed by atoms with Crippen LogP contribution in [0.4, 0.5) is 0 Å². The lowest BCUT2D eigenvalue weighted by Gasteiger charge is -2.36. The molecule has 0 amide bonds. The molecule has 0 aliphatic heterocycles. The quantitative estimate of drug-likeness (QED) is 0.728. The fourth-order valence-corrected chi connectivity index (χ4v) is 2.51. The first kappa shape index (κ1) is 13.4. The van der Waals surface area contributed by atoms with Crippen LogP contribution in [-0.4, -0.2) is 26.2 Å². The third-order valence-corrected chi connectivity index (χ3v) is 3.79. The third-order valence-electron chi connectivity index (χ3n) is 3.79. The maximum Gasteiger partial charge on any atom is 0.118 e. The Kier molecular flexibility index (Phi) is 5.02. The summed E-state index contributed by atoms with van der Waals surface area (Å²) in [5, 5.41) is 3.60. The fraction of sp³-hybridized carbons (Fsp3) is 0.600. The topological polar surface area (TPSA) is 47.3 Å². The molecule has 0 heterocycles. The minimum Gasteiger partial charge on any atom is -0.497 e. The van der Waals surface area contributed by atoms with E-state index in [0.717, 1.165) is 31.2 Å². The Labute approximate surface area is 110 Å². The summed E-state index contributed by atoms with van der Waals surface area (Å²) in [5.41, 5.74) is 6.92. The van der Waals surface area contributed by atoms with Gasteiger partial charge in [0.05, 0.1) is 7.11 Å². The molecule has 0 bridgehead atoms. The largest absolute Gasteiger partial charge is 0.497 e. The zero-order valence-corrected chi connectivity index (χ0v) is 11.2. The van der Waals surface area contributed by atoms with Gasteiger partial charge in [-0.15, -0.1) is 0 Å². The van der Waals surface area contributed by atoms with Gasteiger partial charge in [0.2, 0.25) is 0 Å². The number of nitrogens with one attached hydrogen (secondary N) is 1. The lowest BCUT2D eigenvalue weighted by atomic mass is 9.76. The molecule has 0 unspecified atom stereocenters. The molecule has 2 rings (SSSR count). The summed E-state index contributed by atoms with van der Waals surface area (Å²) < 4.78 is 5.18. The second-order valence-electron chi connectivity index (χ2n) is 5.09. The molecule has 1 saturated carbocycles. The minimum absolute atomic E-state index is 0.704. The van der Waals surface area contributed by atoms with Gasteiger partial charge in [-0.1, -0.05) is 12.1 Å². The Morgan fingerprint density at radius 1 is 1.22 bits per heavy atom. The SMILES string of the molecule is COc1ccc(C2CC(NCCCCN)C2)cc1. The van der Waals surface area contributed by atoms with Crippen molar-refractivity contribution in [1.29, 1.82) is 0 Å². The van der Waals surface area contributed by atoms with Gasteiger partial charge < -0.3 is 15.8 Å². The van der Waals surface area contributed by atoms with Crippen LogP contribution in [0.3, 0.4) is 0 Å². The smallest absolute Gasteiger partial charge is 0.118 e. The Morgan fingerprint density at radius 2 is 1.94 bits per heavy atom. The number of unbranched alkanes of at least 4 members (excludes halogenated alkanes) is 1. The van der Waals surface area contributed by atoms with Crippen molar-refractivity contribution >= 4 is 0 Å². The Hall–Kier alpha value is -1.06. The van der Waals surface area contributed by atoms with Crippen LogP contribution < -0.4 is 15.8 Å². The molecular weight excluding hydrogens is 224 g/mol. The summed E-state index contributed by atoms with van der Waals surface area (Å²) in [4.78, 5) is 0. The third kappa shape index (κ3) is 3.47. The van der Waals surface area contributed by atoms with E-state index in [9.17, 15) is 0 Å². The van der Waals surface area contributed by atoms with Crippen LogP contribution in [0, 0.1) is 0 Å². The van der Waals surface area contributed by atoms with Gasteiger partial charge in [0.1, 0.15) is 5.75 Å². The van der Waals surface area contributed by atoms with Gasteiger partial charge in [-0.2, -0.15) is 0 Å². The van der Waals surface area contributed by atoms with Crippen LogP contribution in [0.1, 0.15) is 37.2 Å². The highest BCUT2D eigenvalue weighted by molar-refractivity contribution is 5.30. The average Bonchev–Trinajstić information content (AvgIpc) is 2.37. The normalized spacial score (nSPS) is 22.6. The van der Waals surface area contributed by atoms with E-state index in [-0.39, 0.29) is 0 Å². The summed E-state index contributed by atoms with van der Waals surface area (Å²) in [6.07, 6.45) is 4.84. The Morgan fingerprint density at radius 3 is 2.56 bits per heavy atom. The van der Waals surface area contributed by atoms with E-state index in [0.29, 0.717) is 6.04 Å². The number of hydrogen-bond acceptors (Lipinski definition) is 3. The van der Waals surface area contributed by atoms with E-state index in [2.05, 4.69) is 29.6 Å². The van der Waals surface area contributed by atoms with E-state index >= 15 is 0 Å². The highest BCUT2D eigenvalue weighted by Crippen LogP contribution is 2.37. The van der Waals surface area contributed by atoms with Gasteiger partial charge in [-0.3, -0.25) is 0 Å². The van der Waals surface area contributed by atoms with E-state index < -0.39 is 0 Å². The molecule has 3 heteroatoms. The first-order chi connectivity index (χ1) is 8.83. The average molecular weight is 248 g/mol. The highest BCUT2D eigenvalue weighted by atomic mass is 16.5. The van der Waals surface area contributed by atoms with Gasteiger partial charge in [0, 0.05) is 6.04 Å². The predicted octanol–water partition coefficient (Wildman–Crippen LogP) is 2.27.